The van der Waals surface area contributed by atoms with E-state index < -0.39 is 0 Å². The number of likely N-dealkylation sites (tertiary alicyclic amines) is 1. The van der Waals surface area contributed by atoms with Crippen LogP contribution in [0.5, 0.6) is 0 Å². The Bertz CT molecular complexity index is 837. The number of carbonyl (C=O) groups excluding carboxylic acids is 1. The highest BCUT2D eigenvalue weighted by molar-refractivity contribution is 5.93. The molecule has 2 aromatic rings. The number of para-hydroxylation sites is 2. The molecule has 154 valence electrons. The van der Waals surface area contributed by atoms with Gasteiger partial charge in [-0.1, -0.05) is 19.1 Å². The zero-order chi connectivity index (χ0) is 20.1. The second-order valence-electron chi connectivity index (χ2n) is 7.56. The summed E-state index contributed by atoms with van der Waals surface area (Å²) in [6, 6.07) is 10.1. The molecule has 0 bridgehead atoms. The highest BCUT2D eigenvalue weighted by Gasteiger charge is 2.27. The molecule has 1 atom stereocenters. The lowest BCUT2D eigenvalue weighted by molar-refractivity contribution is 0.0602. The summed E-state index contributed by atoms with van der Waals surface area (Å²) in [6.45, 7) is 6.11. The van der Waals surface area contributed by atoms with Gasteiger partial charge in [0.15, 0.2) is 0 Å². The van der Waals surface area contributed by atoms with Gasteiger partial charge in [-0.2, -0.15) is 0 Å². The summed E-state index contributed by atoms with van der Waals surface area (Å²) < 4.78 is 5.47. The maximum atomic E-state index is 13.1. The van der Waals surface area contributed by atoms with Crippen LogP contribution >= 0.6 is 0 Å². The molecule has 2 aliphatic rings. The minimum absolute atomic E-state index is 0.00321. The van der Waals surface area contributed by atoms with Gasteiger partial charge in [-0.05, 0) is 43.9 Å². The first-order valence-electron chi connectivity index (χ1n) is 10.6. The van der Waals surface area contributed by atoms with E-state index in [1.807, 2.05) is 23.1 Å². The van der Waals surface area contributed by atoms with Crippen molar-refractivity contribution in [3.8, 4) is 0 Å². The van der Waals surface area contributed by atoms with Gasteiger partial charge < -0.3 is 19.9 Å². The normalized spacial score (nSPS) is 19.8. The SMILES string of the molecule is CCC1CCCCN1C(=O)c1ccnc(Nc2ccccc2N2CCOCC2)n1. The lowest BCUT2D eigenvalue weighted by Crippen LogP contribution is -2.43. The molecule has 1 unspecified atom stereocenters. The number of anilines is 3. The van der Waals surface area contributed by atoms with Crippen molar-refractivity contribution >= 4 is 23.2 Å². The standard InChI is InChI=1S/C22H29N5O2/c1-2-17-7-5-6-12-27(17)21(28)19-10-11-23-22(25-19)24-18-8-3-4-9-20(18)26-13-15-29-16-14-26/h3-4,8-11,17H,2,5-7,12-16H2,1H3,(H,23,24,25). The molecular formula is C22H29N5O2. The van der Waals surface area contributed by atoms with Gasteiger partial charge in [0.05, 0.1) is 24.6 Å². The van der Waals surface area contributed by atoms with Crippen molar-refractivity contribution in [3.63, 3.8) is 0 Å². The van der Waals surface area contributed by atoms with Gasteiger partial charge in [-0.3, -0.25) is 4.79 Å². The average Bonchev–Trinajstić information content (AvgIpc) is 2.79. The van der Waals surface area contributed by atoms with Crippen LogP contribution in [0.2, 0.25) is 0 Å². The average molecular weight is 396 g/mol. The second-order valence-corrected chi connectivity index (χ2v) is 7.56. The molecule has 0 spiro atoms. The fraction of sp³-hybridized carbons (Fsp3) is 0.500. The highest BCUT2D eigenvalue weighted by atomic mass is 16.5. The number of nitrogens with one attached hydrogen (secondary N) is 1. The van der Waals surface area contributed by atoms with E-state index in [-0.39, 0.29) is 5.91 Å². The molecule has 0 aliphatic carbocycles. The van der Waals surface area contributed by atoms with Crippen LogP contribution < -0.4 is 10.2 Å². The number of ether oxygens (including phenoxy) is 1. The van der Waals surface area contributed by atoms with E-state index in [0.717, 1.165) is 63.5 Å². The van der Waals surface area contributed by atoms with E-state index in [1.165, 1.54) is 6.42 Å². The third-order valence-electron chi connectivity index (χ3n) is 5.74. The highest BCUT2D eigenvalue weighted by Crippen LogP contribution is 2.28. The number of hydrogen-bond acceptors (Lipinski definition) is 6. The fourth-order valence-electron chi connectivity index (χ4n) is 4.16. The van der Waals surface area contributed by atoms with Crippen LogP contribution in [0.15, 0.2) is 36.5 Å². The maximum absolute atomic E-state index is 13.1. The number of nitrogens with zero attached hydrogens (tertiary/aromatic N) is 4. The van der Waals surface area contributed by atoms with Crippen LogP contribution in [0.4, 0.5) is 17.3 Å². The zero-order valence-electron chi connectivity index (χ0n) is 17.0. The monoisotopic (exact) mass is 395 g/mol. The predicted molar refractivity (Wildman–Crippen MR) is 114 cm³/mol. The molecule has 7 nitrogen and oxygen atoms in total. The van der Waals surface area contributed by atoms with Crippen molar-refractivity contribution in [2.24, 2.45) is 0 Å². The minimum atomic E-state index is 0.00321. The van der Waals surface area contributed by atoms with Crippen molar-refractivity contribution < 1.29 is 9.53 Å². The van der Waals surface area contributed by atoms with Crippen LogP contribution in [-0.4, -0.2) is 59.7 Å². The molecule has 4 rings (SSSR count). The number of amides is 1. The largest absolute Gasteiger partial charge is 0.378 e. The number of piperidine rings is 1. The first-order valence-corrected chi connectivity index (χ1v) is 10.6. The topological polar surface area (TPSA) is 70.6 Å². The quantitative estimate of drug-likeness (QED) is 0.836. The van der Waals surface area contributed by atoms with Crippen LogP contribution in [0.3, 0.4) is 0 Å². The van der Waals surface area contributed by atoms with Crippen LogP contribution in [0, 0.1) is 0 Å². The van der Waals surface area contributed by atoms with Gasteiger partial charge >= 0.3 is 0 Å². The Morgan fingerprint density at radius 1 is 1.17 bits per heavy atom. The first kappa shape index (κ1) is 19.6. The van der Waals surface area contributed by atoms with Gasteiger partial charge in [-0.25, -0.2) is 9.97 Å². The van der Waals surface area contributed by atoms with Gasteiger partial charge in [-0.15, -0.1) is 0 Å². The Balaban J connectivity index is 1.53. The van der Waals surface area contributed by atoms with Gasteiger partial charge in [0.2, 0.25) is 5.95 Å². The van der Waals surface area contributed by atoms with Gasteiger partial charge in [0, 0.05) is 31.9 Å². The minimum Gasteiger partial charge on any atom is -0.378 e. The molecule has 2 aliphatic heterocycles. The molecular weight excluding hydrogens is 366 g/mol. The van der Waals surface area contributed by atoms with Gasteiger partial charge in [0.25, 0.3) is 5.91 Å². The van der Waals surface area contributed by atoms with Crippen molar-refractivity contribution in [2.75, 3.05) is 43.1 Å². The number of benzene rings is 1. The summed E-state index contributed by atoms with van der Waals surface area (Å²) in [7, 11) is 0. The predicted octanol–water partition coefficient (Wildman–Crippen LogP) is 3.46. The lowest BCUT2D eigenvalue weighted by Gasteiger charge is -2.35. The van der Waals surface area contributed by atoms with Crippen molar-refractivity contribution in [3.05, 3.63) is 42.2 Å². The van der Waals surface area contributed by atoms with Crippen molar-refractivity contribution in [2.45, 2.75) is 38.6 Å². The van der Waals surface area contributed by atoms with Crippen molar-refractivity contribution in [1.82, 2.24) is 14.9 Å². The third kappa shape index (κ3) is 4.50. The molecule has 7 heteroatoms. The number of carbonyl (C=O) groups is 1. The molecule has 2 saturated heterocycles. The summed E-state index contributed by atoms with van der Waals surface area (Å²) in [5.41, 5.74) is 2.48. The Labute approximate surface area is 172 Å². The first-order chi connectivity index (χ1) is 14.3. The van der Waals surface area contributed by atoms with E-state index in [2.05, 4.69) is 33.2 Å². The zero-order valence-corrected chi connectivity index (χ0v) is 17.0. The molecule has 1 aromatic carbocycles. The maximum Gasteiger partial charge on any atom is 0.272 e. The number of rotatable bonds is 5. The van der Waals surface area contributed by atoms with Crippen molar-refractivity contribution in [1.29, 1.82) is 0 Å². The summed E-state index contributed by atoms with van der Waals surface area (Å²) in [6.07, 6.45) is 5.97. The third-order valence-corrected chi connectivity index (χ3v) is 5.74. The lowest BCUT2D eigenvalue weighted by atomic mass is 9.99. The Morgan fingerprint density at radius 3 is 2.83 bits per heavy atom. The molecule has 0 radical (unpaired) electrons. The van der Waals surface area contributed by atoms with E-state index in [0.29, 0.717) is 17.7 Å². The molecule has 2 fully saturated rings. The number of aromatic nitrogens is 2. The fourth-order valence-corrected chi connectivity index (χ4v) is 4.16. The molecule has 1 N–H and O–H groups in total. The summed E-state index contributed by atoms with van der Waals surface area (Å²) in [5, 5.41) is 3.32. The Hall–Kier alpha value is -2.67. The molecule has 3 heterocycles. The summed E-state index contributed by atoms with van der Waals surface area (Å²) in [4.78, 5) is 26.2. The number of morpholine rings is 1. The van der Waals surface area contributed by atoms with E-state index in [1.54, 1.807) is 12.3 Å². The second kappa shape index (κ2) is 9.22. The summed E-state index contributed by atoms with van der Waals surface area (Å²) in [5.74, 6) is 0.449. The van der Waals surface area contributed by atoms with E-state index >= 15 is 0 Å². The van der Waals surface area contributed by atoms with Crippen LogP contribution in [0.25, 0.3) is 0 Å². The smallest absolute Gasteiger partial charge is 0.272 e. The van der Waals surface area contributed by atoms with E-state index in [4.69, 9.17) is 4.74 Å². The number of hydrogen-bond donors (Lipinski definition) is 1. The Kier molecular flexibility index (Phi) is 6.24. The molecule has 0 saturated carbocycles. The Morgan fingerprint density at radius 2 is 2.00 bits per heavy atom. The van der Waals surface area contributed by atoms with Crippen LogP contribution in [-0.2, 0) is 4.74 Å². The van der Waals surface area contributed by atoms with Gasteiger partial charge in [0.1, 0.15) is 5.69 Å². The summed E-state index contributed by atoms with van der Waals surface area (Å²) >= 11 is 0. The molecule has 1 aromatic heterocycles. The van der Waals surface area contributed by atoms with E-state index in [9.17, 15) is 4.79 Å². The van der Waals surface area contributed by atoms with Crippen LogP contribution in [0.1, 0.15) is 43.1 Å². The molecule has 1 amide bonds. The molecule has 29 heavy (non-hydrogen) atoms.